The van der Waals surface area contributed by atoms with E-state index in [9.17, 15) is 4.39 Å². The molecule has 1 saturated heterocycles. The first-order valence-corrected chi connectivity index (χ1v) is 6.13. The quantitative estimate of drug-likeness (QED) is 0.843. The molecule has 0 saturated carbocycles. The summed E-state index contributed by atoms with van der Waals surface area (Å²) in [5, 5.41) is 3.34. The average molecular weight is 238 g/mol. The fourth-order valence-corrected chi connectivity index (χ4v) is 2.25. The molecule has 0 amide bonds. The van der Waals surface area contributed by atoms with Crippen LogP contribution in [0.25, 0.3) is 0 Å². The largest absolute Gasteiger partial charge is 0.491 e. The Bertz CT molecular complexity index is 378. The van der Waals surface area contributed by atoms with Crippen molar-refractivity contribution in [2.24, 2.45) is 5.73 Å². The Balaban J connectivity index is 2.12. The van der Waals surface area contributed by atoms with Crippen LogP contribution in [0.5, 0.6) is 5.75 Å². The van der Waals surface area contributed by atoms with E-state index < -0.39 is 0 Å². The summed E-state index contributed by atoms with van der Waals surface area (Å²) in [7, 11) is 0. The lowest BCUT2D eigenvalue weighted by Gasteiger charge is -2.20. The Morgan fingerprint density at radius 2 is 2.41 bits per heavy atom. The molecule has 17 heavy (non-hydrogen) atoms. The minimum absolute atomic E-state index is 0.150. The Hall–Kier alpha value is -1.13. The van der Waals surface area contributed by atoms with Crippen molar-refractivity contribution in [3.8, 4) is 5.75 Å². The minimum Gasteiger partial charge on any atom is -0.491 e. The van der Waals surface area contributed by atoms with Crippen LogP contribution in [-0.4, -0.2) is 19.2 Å². The zero-order chi connectivity index (χ0) is 12.3. The summed E-state index contributed by atoms with van der Waals surface area (Å²) in [6, 6.07) is 5.09. The van der Waals surface area contributed by atoms with Crippen LogP contribution in [0, 0.1) is 5.82 Å². The first kappa shape index (κ1) is 12.3. The highest BCUT2D eigenvalue weighted by atomic mass is 19.1. The van der Waals surface area contributed by atoms with Crippen LogP contribution in [0.1, 0.15) is 31.4 Å². The van der Waals surface area contributed by atoms with Gasteiger partial charge in [0, 0.05) is 12.1 Å². The monoisotopic (exact) mass is 238 g/mol. The molecule has 3 nitrogen and oxygen atoms in total. The normalized spacial score (nSPS) is 21.5. The third-order valence-electron chi connectivity index (χ3n) is 3.17. The summed E-state index contributed by atoms with van der Waals surface area (Å²) in [4.78, 5) is 0. The van der Waals surface area contributed by atoms with Gasteiger partial charge >= 0.3 is 0 Å². The van der Waals surface area contributed by atoms with Crippen LogP contribution in [0.2, 0.25) is 0 Å². The Morgan fingerprint density at radius 3 is 3.00 bits per heavy atom. The van der Waals surface area contributed by atoms with Crippen molar-refractivity contribution in [1.82, 2.24) is 5.32 Å². The number of nitrogens with two attached hydrogens (primary N) is 1. The smallest absolute Gasteiger partial charge is 0.165 e. The molecule has 0 bridgehead atoms. The summed E-state index contributed by atoms with van der Waals surface area (Å²) >= 11 is 0. The fourth-order valence-electron chi connectivity index (χ4n) is 2.25. The molecule has 1 aromatic rings. The van der Waals surface area contributed by atoms with Gasteiger partial charge in [-0.15, -0.1) is 0 Å². The van der Waals surface area contributed by atoms with E-state index >= 15 is 0 Å². The molecule has 1 aliphatic rings. The maximum atomic E-state index is 13.7. The van der Waals surface area contributed by atoms with Crippen LogP contribution in [0.3, 0.4) is 0 Å². The van der Waals surface area contributed by atoms with Crippen LogP contribution in [0.4, 0.5) is 4.39 Å². The lowest BCUT2D eigenvalue weighted by molar-refractivity contribution is 0.321. The van der Waals surface area contributed by atoms with Crippen LogP contribution < -0.4 is 15.8 Å². The van der Waals surface area contributed by atoms with Gasteiger partial charge in [0.1, 0.15) is 0 Å². The molecule has 2 rings (SSSR count). The second-order valence-electron chi connectivity index (χ2n) is 4.35. The van der Waals surface area contributed by atoms with Crippen molar-refractivity contribution in [2.75, 3.05) is 13.2 Å². The molecule has 0 radical (unpaired) electrons. The number of ether oxygens (including phenoxy) is 1. The average Bonchev–Trinajstić information content (AvgIpc) is 2.84. The maximum absolute atomic E-state index is 13.7. The fraction of sp³-hybridized carbons (Fsp3) is 0.538. The number of halogens is 1. The molecule has 1 aliphatic heterocycles. The Kier molecular flexibility index (Phi) is 3.97. The van der Waals surface area contributed by atoms with Gasteiger partial charge in [-0.2, -0.15) is 0 Å². The van der Waals surface area contributed by atoms with Crippen molar-refractivity contribution < 1.29 is 9.13 Å². The highest BCUT2D eigenvalue weighted by Gasteiger charge is 2.23. The van der Waals surface area contributed by atoms with E-state index in [0.717, 1.165) is 24.9 Å². The van der Waals surface area contributed by atoms with Gasteiger partial charge in [-0.25, -0.2) is 4.39 Å². The lowest BCUT2D eigenvalue weighted by Crippen LogP contribution is -2.34. The predicted octanol–water partition coefficient (Wildman–Crippen LogP) is 1.98. The molecular weight excluding hydrogens is 219 g/mol. The Labute approximate surface area is 101 Å². The van der Waals surface area contributed by atoms with E-state index in [-0.39, 0.29) is 17.9 Å². The highest BCUT2D eigenvalue weighted by molar-refractivity contribution is 5.31. The van der Waals surface area contributed by atoms with Crippen molar-refractivity contribution in [3.63, 3.8) is 0 Å². The second kappa shape index (κ2) is 5.47. The number of benzene rings is 1. The van der Waals surface area contributed by atoms with Gasteiger partial charge in [-0.05, 0) is 44.0 Å². The zero-order valence-electron chi connectivity index (χ0n) is 10.1. The summed E-state index contributed by atoms with van der Waals surface area (Å²) in [6.45, 7) is 3.30. The van der Waals surface area contributed by atoms with Crippen molar-refractivity contribution in [1.29, 1.82) is 0 Å². The predicted molar refractivity (Wildman–Crippen MR) is 65.5 cm³/mol. The molecule has 0 aromatic heterocycles. The van der Waals surface area contributed by atoms with E-state index in [0.29, 0.717) is 12.4 Å². The SMILES string of the molecule is CCOc1ccc(C(N)C2CCCN2)cc1F. The topological polar surface area (TPSA) is 47.3 Å². The first-order chi connectivity index (χ1) is 8.22. The van der Waals surface area contributed by atoms with Gasteiger partial charge < -0.3 is 15.8 Å². The van der Waals surface area contributed by atoms with Crippen LogP contribution in [0.15, 0.2) is 18.2 Å². The summed E-state index contributed by atoms with van der Waals surface area (Å²) in [6.07, 6.45) is 2.19. The van der Waals surface area contributed by atoms with Gasteiger partial charge in [0.25, 0.3) is 0 Å². The summed E-state index contributed by atoms with van der Waals surface area (Å²) < 4.78 is 18.8. The van der Waals surface area contributed by atoms with Crippen LogP contribution >= 0.6 is 0 Å². The van der Waals surface area contributed by atoms with E-state index in [1.807, 2.05) is 13.0 Å². The third kappa shape index (κ3) is 2.76. The van der Waals surface area contributed by atoms with Gasteiger partial charge in [-0.3, -0.25) is 0 Å². The number of hydrogen-bond donors (Lipinski definition) is 2. The molecule has 0 spiro atoms. The molecule has 3 N–H and O–H groups in total. The van der Waals surface area contributed by atoms with Gasteiger partial charge in [0.2, 0.25) is 0 Å². The molecule has 2 atom stereocenters. The summed E-state index contributed by atoms with van der Waals surface area (Å²) in [5.41, 5.74) is 6.95. The van der Waals surface area contributed by atoms with Gasteiger partial charge in [-0.1, -0.05) is 6.07 Å². The van der Waals surface area contributed by atoms with E-state index in [1.54, 1.807) is 6.07 Å². The summed E-state index contributed by atoms with van der Waals surface area (Å²) in [5.74, 6) is -0.0411. The molecular formula is C13H19FN2O. The van der Waals surface area contributed by atoms with Crippen molar-refractivity contribution in [2.45, 2.75) is 31.8 Å². The Morgan fingerprint density at radius 1 is 1.59 bits per heavy atom. The van der Waals surface area contributed by atoms with E-state index in [2.05, 4.69) is 5.32 Å². The molecule has 1 fully saturated rings. The highest BCUT2D eigenvalue weighted by Crippen LogP contribution is 2.25. The first-order valence-electron chi connectivity index (χ1n) is 6.13. The van der Waals surface area contributed by atoms with E-state index in [4.69, 9.17) is 10.5 Å². The molecule has 4 heteroatoms. The van der Waals surface area contributed by atoms with Gasteiger partial charge in [0.15, 0.2) is 11.6 Å². The van der Waals surface area contributed by atoms with Gasteiger partial charge in [0.05, 0.1) is 6.61 Å². The molecule has 1 aromatic carbocycles. The maximum Gasteiger partial charge on any atom is 0.165 e. The van der Waals surface area contributed by atoms with Crippen LogP contribution in [-0.2, 0) is 0 Å². The molecule has 1 heterocycles. The minimum atomic E-state index is -0.335. The second-order valence-corrected chi connectivity index (χ2v) is 4.35. The molecule has 2 unspecified atom stereocenters. The molecule has 0 aliphatic carbocycles. The standard InChI is InChI=1S/C13H19FN2O/c1-2-17-12-6-5-9(8-10(12)14)13(15)11-4-3-7-16-11/h5-6,8,11,13,16H,2-4,7,15H2,1H3. The lowest BCUT2D eigenvalue weighted by atomic mass is 9.99. The van der Waals surface area contributed by atoms with E-state index in [1.165, 1.54) is 6.07 Å². The van der Waals surface area contributed by atoms with Crippen molar-refractivity contribution >= 4 is 0 Å². The third-order valence-corrected chi connectivity index (χ3v) is 3.17. The number of nitrogens with one attached hydrogen (secondary N) is 1. The molecule has 94 valence electrons. The number of rotatable bonds is 4. The number of hydrogen-bond acceptors (Lipinski definition) is 3. The zero-order valence-corrected chi connectivity index (χ0v) is 10.1. The van der Waals surface area contributed by atoms with Crippen molar-refractivity contribution in [3.05, 3.63) is 29.6 Å².